The van der Waals surface area contributed by atoms with Gasteiger partial charge in [0.25, 0.3) is 11.5 Å². The molecule has 6 nitrogen and oxygen atoms in total. The molecule has 2 aromatic heterocycles. The molecule has 0 bridgehead atoms. The summed E-state index contributed by atoms with van der Waals surface area (Å²) in [6.07, 6.45) is 1.65. The molecule has 2 heterocycles. The number of hydrogen-bond acceptors (Lipinski definition) is 4. The van der Waals surface area contributed by atoms with Gasteiger partial charge in [-0.25, -0.2) is 9.67 Å². The molecule has 0 saturated carbocycles. The lowest BCUT2D eigenvalue weighted by Gasteiger charge is -2.21. The van der Waals surface area contributed by atoms with Crippen LogP contribution in [0.2, 0.25) is 0 Å². The van der Waals surface area contributed by atoms with Gasteiger partial charge in [0.1, 0.15) is 11.5 Å². The topological polar surface area (TPSA) is 68.1 Å². The van der Waals surface area contributed by atoms with E-state index in [4.69, 9.17) is 0 Å². The first kappa shape index (κ1) is 20.2. The Hall–Kier alpha value is -4.06. The second-order valence-corrected chi connectivity index (χ2v) is 7.26. The van der Waals surface area contributed by atoms with Gasteiger partial charge in [-0.2, -0.15) is 5.10 Å². The summed E-state index contributed by atoms with van der Waals surface area (Å²) in [5.41, 5.74) is 2.97. The Morgan fingerprint density at radius 1 is 0.871 bits per heavy atom. The average molecular weight is 410 g/mol. The lowest BCUT2D eigenvalue weighted by molar-refractivity contribution is 0.0977. The van der Waals surface area contributed by atoms with E-state index >= 15 is 0 Å². The fourth-order valence-corrected chi connectivity index (χ4v) is 3.22. The van der Waals surface area contributed by atoms with Crippen LogP contribution in [0.3, 0.4) is 0 Å². The van der Waals surface area contributed by atoms with E-state index in [1.807, 2.05) is 67.6 Å². The van der Waals surface area contributed by atoms with Crippen LogP contribution in [-0.2, 0) is 13.1 Å². The summed E-state index contributed by atoms with van der Waals surface area (Å²) in [5, 5.41) is 4.36. The van der Waals surface area contributed by atoms with Crippen molar-refractivity contribution < 1.29 is 4.79 Å². The SMILES string of the molecule is Cc1ccc(Cn2nc(C(=O)N(Cc3ccccc3)c3ccccn3)ccc2=O)cc1. The molecule has 154 valence electrons. The summed E-state index contributed by atoms with van der Waals surface area (Å²) in [7, 11) is 0. The van der Waals surface area contributed by atoms with Crippen LogP contribution >= 0.6 is 0 Å². The standard InChI is InChI=1S/C25H22N4O2/c1-19-10-12-21(13-11-19)18-29-24(30)15-14-22(27-29)25(31)28(23-9-5-6-16-26-23)17-20-7-3-2-4-8-20/h2-16H,17-18H2,1H3. The molecule has 0 aliphatic heterocycles. The lowest BCUT2D eigenvalue weighted by atomic mass is 10.1. The third-order valence-corrected chi connectivity index (χ3v) is 4.89. The molecule has 4 aromatic rings. The Bertz CT molecular complexity index is 1220. The number of nitrogens with zero attached hydrogens (tertiary/aromatic N) is 4. The molecule has 0 aliphatic carbocycles. The van der Waals surface area contributed by atoms with Crippen molar-refractivity contribution in [1.82, 2.24) is 14.8 Å². The Balaban J connectivity index is 1.66. The van der Waals surface area contributed by atoms with E-state index < -0.39 is 0 Å². The van der Waals surface area contributed by atoms with Crippen molar-refractivity contribution in [1.29, 1.82) is 0 Å². The van der Waals surface area contributed by atoms with Crippen molar-refractivity contribution in [2.45, 2.75) is 20.0 Å². The minimum Gasteiger partial charge on any atom is -0.287 e. The van der Waals surface area contributed by atoms with Crippen molar-refractivity contribution in [3.8, 4) is 0 Å². The Morgan fingerprint density at radius 3 is 2.32 bits per heavy atom. The normalized spacial score (nSPS) is 10.6. The predicted molar refractivity (Wildman–Crippen MR) is 120 cm³/mol. The van der Waals surface area contributed by atoms with Gasteiger partial charge in [0, 0.05) is 12.3 Å². The summed E-state index contributed by atoms with van der Waals surface area (Å²) in [6.45, 7) is 2.64. The third-order valence-electron chi connectivity index (χ3n) is 4.89. The summed E-state index contributed by atoms with van der Waals surface area (Å²) in [5.74, 6) is 0.203. The van der Waals surface area contributed by atoms with Crippen LogP contribution in [-0.4, -0.2) is 20.7 Å². The van der Waals surface area contributed by atoms with E-state index in [2.05, 4.69) is 10.1 Å². The van der Waals surface area contributed by atoms with E-state index in [-0.39, 0.29) is 17.2 Å². The number of anilines is 1. The summed E-state index contributed by atoms with van der Waals surface area (Å²) >= 11 is 0. The highest BCUT2D eigenvalue weighted by molar-refractivity contribution is 6.04. The number of hydrogen-bond donors (Lipinski definition) is 0. The van der Waals surface area contributed by atoms with Crippen LogP contribution in [0.25, 0.3) is 0 Å². The van der Waals surface area contributed by atoms with Crippen LogP contribution in [0.5, 0.6) is 0 Å². The fourth-order valence-electron chi connectivity index (χ4n) is 3.22. The van der Waals surface area contributed by atoms with Crippen molar-refractivity contribution >= 4 is 11.7 Å². The maximum atomic E-state index is 13.4. The highest BCUT2D eigenvalue weighted by Crippen LogP contribution is 2.17. The molecule has 2 aromatic carbocycles. The Labute approximate surface area is 180 Å². The number of aryl methyl sites for hydroxylation is 1. The van der Waals surface area contributed by atoms with Gasteiger partial charge in [0.05, 0.1) is 13.1 Å². The molecule has 31 heavy (non-hydrogen) atoms. The maximum Gasteiger partial charge on any atom is 0.280 e. The van der Waals surface area contributed by atoms with E-state index in [9.17, 15) is 9.59 Å². The molecular formula is C25H22N4O2. The highest BCUT2D eigenvalue weighted by atomic mass is 16.2. The van der Waals surface area contributed by atoms with Gasteiger partial charge in [-0.3, -0.25) is 14.5 Å². The third kappa shape index (κ3) is 4.93. The first-order valence-electron chi connectivity index (χ1n) is 10.0. The van der Waals surface area contributed by atoms with E-state index in [0.717, 1.165) is 16.7 Å². The second-order valence-electron chi connectivity index (χ2n) is 7.26. The number of benzene rings is 2. The van der Waals surface area contributed by atoms with Crippen molar-refractivity contribution in [3.63, 3.8) is 0 Å². The van der Waals surface area contributed by atoms with Crippen molar-refractivity contribution in [2.24, 2.45) is 0 Å². The monoisotopic (exact) mass is 410 g/mol. The lowest BCUT2D eigenvalue weighted by Crippen LogP contribution is -2.34. The molecule has 0 unspecified atom stereocenters. The fraction of sp³-hybridized carbons (Fsp3) is 0.120. The first-order chi connectivity index (χ1) is 15.1. The number of carbonyl (C=O) groups excluding carboxylic acids is 1. The largest absolute Gasteiger partial charge is 0.287 e. The molecular weight excluding hydrogens is 388 g/mol. The average Bonchev–Trinajstić information content (AvgIpc) is 2.81. The number of pyridine rings is 1. The van der Waals surface area contributed by atoms with Crippen molar-refractivity contribution in [3.05, 3.63) is 124 Å². The highest BCUT2D eigenvalue weighted by Gasteiger charge is 2.21. The molecule has 0 fully saturated rings. The Kier molecular flexibility index (Phi) is 5.98. The molecule has 0 saturated heterocycles. The summed E-state index contributed by atoms with van der Waals surface area (Å²) in [4.78, 5) is 31.7. The van der Waals surface area contributed by atoms with Gasteiger partial charge in [0.2, 0.25) is 0 Å². The molecule has 0 spiro atoms. The summed E-state index contributed by atoms with van der Waals surface area (Å²) in [6, 6.07) is 25.8. The number of aromatic nitrogens is 3. The quantitative estimate of drug-likeness (QED) is 0.484. The zero-order valence-corrected chi connectivity index (χ0v) is 17.2. The van der Waals surface area contributed by atoms with Crippen LogP contribution in [0, 0.1) is 6.92 Å². The molecule has 0 radical (unpaired) electrons. The summed E-state index contributed by atoms with van der Waals surface area (Å²) < 4.78 is 1.32. The number of rotatable bonds is 6. The minimum atomic E-state index is -0.319. The first-order valence-corrected chi connectivity index (χ1v) is 10.0. The van der Waals surface area contributed by atoms with Gasteiger partial charge >= 0.3 is 0 Å². The van der Waals surface area contributed by atoms with Crippen molar-refractivity contribution in [2.75, 3.05) is 4.90 Å². The van der Waals surface area contributed by atoms with Gasteiger partial charge < -0.3 is 0 Å². The minimum absolute atomic E-state index is 0.188. The van der Waals surface area contributed by atoms with Gasteiger partial charge in [0.15, 0.2) is 0 Å². The maximum absolute atomic E-state index is 13.4. The zero-order chi connectivity index (χ0) is 21.6. The number of amides is 1. The van der Waals surface area contributed by atoms with E-state index in [1.165, 1.54) is 16.8 Å². The van der Waals surface area contributed by atoms with Gasteiger partial charge in [-0.05, 0) is 36.2 Å². The van der Waals surface area contributed by atoms with Crippen LogP contribution < -0.4 is 10.5 Å². The van der Waals surface area contributed by atoms with Gasteiger partial charge in [-0.1, -0.05) is 66.2 Å². The molecule has 0 aliphatic rings. The smallest absolute Gasteiger partial charge is 0.280 e. The number of carbonyl (C=O) groups is 1. The van der Waals surface area contributed by atoms with Crippen LogP contribution in [0.4, 0.5) is 5.82 Å². The second kappa shape index (κ2) is 9.17. The molecule has 1 amide bonds. The Morgan fingerprint density at radius 2 is 1.61 bits per heavy atom. The van der Waals surface area contributed by atoms with E-state index in [0.29, 0.717) is 18.9 Å². The van der Waals surface area contributed by atoms with Crippen LogP contribution in [0.1, 0.15) is 27.2 Å². The molecule has 6 heteroatoms. The zero-order valence-electron chi connectivity index (χ0n) is 17.2. The van der Waals surface area contributed by atoms with Crippen LogP contribution in [0.15, 0.2) is 95.9 Å². The molecule has 4 rings (SSSR count). The van der Waals surface area contributed by atoms with Gasteiger partial charge in [-0.15, -0.1) is 0 Å². The molecule has 0 N–H and O–H groups in total. The molecule has 0 atom stereocenters. The predicted octanol–water partition coefficient (Wildman–Crippen LogP) is 3.84. The van der Waals surface area contributed by atoms with E-state index in [1.54, 1.807) is 23.2 Å².